The average Bonchev–Trinajstić information content (AvgIpc) is 2.38. The Labute approximate surface area is 120 Å². The summed E-state index contributed by atoms with van der Waals surface area (Å²) >= 11 is 0. The second kappa shape index (κ2) is 6.38. The van der Waals surface area contributed by atoms with E-state index in [0.29, 0.717) is 0 Å². The van der Waals surface area contributed by atoms with Gasteiger partial charge >= 0.3 is 11.7 Å². The van der Waals surface area contributed by atoms with E-state index in [2.05, 4.69) is 5.32 Å². The number of benzene rings is 1. The van der Waals surface area contributed by atoms with E-state index in [1.807, 2.05) is 0 Å². The van der Waals surface area contributed by atoms with Crippen LogP contribution in [-0.2, 0) is 4.79 Å². The summed E-state index contributed by atoms with van der Waals surface area (Å²) in [4.78, 5) is 20.6. The number of ether oxygens (including phenoxy) is 1. The summed E-state index contributed by atoms with van der Waals surface area (Å²) in [5.41, 5.74) is -1.14. The van der Waals surface area contributed by atoms with Crippen molar-refractivity contribution in [2.45, 2.75) is 32.2 Å². The third-order valence-electron chi connectivity index (χ3n) is 2.90. The van der Waals surface area contributed by atoms with Gasteiger partial charge in [0.05, 0.1) is 23.8 Å². The minimum Gasteiger partial charge on any atom is -0.490 e. The first-order valence-corrected chi connectivity index (χ1v) is 6.18. The van der Waals surface area contributed by atoms with Gasteiger partial charge in [0.1, 0.15) is 0 Å². The Hall–Kier alpha value is -2.38. The first-order chi connectivity index (χ1) is 9.66. The highest BCUT2D eigenvalue weighted by Crippen LogP contribution is 2.33. The van der Waals surface area contributed by atoms with Crippen LogP contribution in [0, 0.1) is 15.9 Å². The number of halogens is 1. The maximum absolute atomic E-state index is 13.9. The largest absolute Gasteiger partial charge is 0.490 e. The van der Waals surface area contributed by atoms with Gasteiger partial charge in [0.15, 0.2) is 11.6 Å². The van der Waals surface area contributed by atoms with Crippen molar-refractivity contribution < 1.29 is 24.0 Å². The summed E-state index contributed by atoms with van der Waals surface area (Å²) in [5.74, 6) is -1.82. The smallest absolute Gasteiger partial charge is 0.313 e. The minimum atomic E-state index is -0.952. The van der Waals surface area contributed by atoms with E-state index >= 15 is 0 Å². The molecule has 0 aromatic heterocycles. The number of hydrogen-bond donors (Lipinski definition) is 2. The first kappa shape index (κ1) is 16.7. The van der Waals surface area contributed by atoms with Crippen LogP contribution in [0.3, 0.4) is 0 Å². The number of hydrogen-bond acceptors (Lipinski definition) is 5. The molecule has 0 radical (unpaired) electrons. The second-order valence-corrected chi connectivity index (χ2v) is 5.16. The molecule has 21 heavy (non-hydrogen) atoms. The Morgan fingerprint density at radius 3 is 2.62 bits per heavy atom. The molecular formula is C13H17FN2O5. The molecule has 0 aliphatic heterocycles. The summed E-state index contributed by atoms with van der Waals surface area (Å²) in [6, 6.07) is 1.96. The zero-order valence-corrected chi connectivity index (χ0v) is 12.0. The van der Waals surface area contributed by atoms with Crippen LogP contribution in [-0.4, -0.2) is 28.6 Å². The lowest BCUT2D eigenvalue weighted by Gasteiger charge is -2.27. The van der Waals surface area contributed by atoms with Gasteiger partial charge in [-0.2, -0.15) is 0 Å². The third kappa shape index (κ3) is 4.59. The fourth-order valence-corrected chi connectivity index (χ4v) is 1.79. The number of nitrogens with one attached hydrogen (secondary N) is 1. The maximum Gasteiger partial charge on any atom is 0.313 e. The van der Waals surface area contributed by atoms with Gasteiger partial charge in [0, 0.05) is 18.0 Å². The molecule has 0 aliphatic carbocycles. The predicted molar refractivity (Wildman–Crippen MR) is 74.2 cm³/mol. The summed E-state index contributed by atoms with van der Waals surface area (Å²) in [5, 5.41) is 22.3. The van der Waals surface area contributed by atoms with Gasteiger partial charge in [0.2, 0.25) is 0 Å². The Balaban J connectivity index is 3.03. The molecule has 0 unspecified atom stereocenters. The topological polar surface area (TPSA) is 102 Å². The molecule has 1 aromatic rings. The molecular weight excluding hydrogens is 283 g/mol. The summed E-state index contributed by atoms with van der Waals surface area (Å²) in [7, 11) is 1.25. The highest BCUT2D eigenvalue weighted by molar-refractivity contribution is 5.67. The Morgan fingerprint density at radius 1 is 1.52 bits per heavy atom. The lowest BCUT2D eigenvalue weighted by Crippen LogP contribution is -2.32. The standard InChI is InChI=1S/C13H17FN2O5/c1-13(2,5-4-12(17)18)15-9-7-11(21-3)10(16(19)20)6-8(9)14/h6-7,15H,4-5H2,1-3H3,(H,17,18). The van der Waals surface area contributed by atoms with Crippen molar-refractivity contribution in [3.05, 3.63) is 28.1 Å². The van der Waals surface area contributed by atoms with Crippen LogP contribution in [0.2, 0.25) is 0 Å². The molecule has 0 spiro atoms. The molecule has 0 saturated heterocycles. The molecule has 7 nitrogen and oxygen atoms in total. The minimum absolute atomic E-state index is 0.0211. The molecule has 1 aromatic carbocycles. The second-order valence-electron chi connectivity index (χ2n) is 5.16. The normalized spacial score (nSPS) is 11.0. The number of methoxy groups -OCH3 is 1. The fraction of sp³-hybridized carbons (Fsp3) is 0.462. The molecule has 8 heteroatoms. The zero-order valence-electron chi connectivity index (χ0n) is 12.0. The Morgan fingerprint density at radius 2 is 2.14 bits per heavy atom. The summed E-state index contributed by atoms with van der Waals surface area (Å²) in [6.07, 6.45) is 0.187. The zero-order chi connectivity index (χ0) is 16.2. The molecule has 0 atom stereocenters. The quantitative estimate of drug-likeness (QED) is 0.593. The Bertz CT molecular complexity index is 560. The van der Waals surface area contributed by atoms with Gasteiger partial charge in [-0.25, -0.2) is 4.39 Å². The van der Waals surface area contributed by atoms with E-state index < -0.39 is 27.9 Å². The maximum atomic E-state index is 13.9. The number of rotatable bonds is 7. The number of nitrogens with zero attached hydrogens (tertiary/aromatic N) is 1. The van der Waals surface area contributed by atoms with E-state index in [0.717, 1.165) is 6.07 Å². The molecule has 0 aliphatic rings. The molecule has 0 fully saturated rings. The van der Waals surface area contributed by atoms with Crippen LogP contribution < -0.4 is 10.1 Å². The van der Waals surface area contributed by atoms with Crippen LogP contribution in [0.15, 0.2) is 12.1 Å². The number of carboxylic acid groups (broad SMARTS) is 1. The van der Waals surface area contributed by atoms with E-state index in [4.69, 9.17) is 9.84 Å². The van der Waals surface area contributed by atoms with Crippen molar-refractivity contribution in [3.8, 4) is 5.75 Å². The van der Waals surface area contributed by atoms with Gasteiger partial charge in [-0.15, -0.1) is 0 Å². The lowest BCUT2D eigenvalue weighted by molar-refractivity contribution is -0.385. The van der Waals surface area contributed by atoms with Crippen molar-refractivity contribution in [1.82, 2.24) is 0 Å². The molecule has 2 N–H and O–H groups in total. The highest BCUT2D eigenvalue weighted by atomic mass is 19.1. The van der Waals surface area contributed by atoms with Gasteiger partial charge < -0.3 is 15.2 Å². The van der Waals surface area contributed by atoms with Crippen molar-refractivity contribution in [2.75, 3.05) is 12.4 Å². The summed E-state index contributed by atoms with van der Waals surface area (Å²) in [6.45, 7) is 3.42. The number of nitro groups is 1. The first-order valence-electron chi connectivity index (χ1n) is 6.18. The average molecular weight is 300 g/mol. The molecule has 0 amide bonds. The van der Waals surface area contributed by atoms with E-state index in [9.17, 15) is 19.3 Å². The van der Waals surface area contributed by atoms with Crippen molar-refractivity contribution >= 4 is 17.3 Å². The van der Waals surface area contributed by atoms with Gasteiger partial charge in [-0.3, -0.25) is 14.9 Å². The third-order valence-corrected chi connectivity index (χ3v) is 2.90. The predicted octanol–water partition coefficient (Wildman–Crippen LogP) is 2.80. The Kier molecular flexibility index (Phi) is 5.07. The molecule has 1 rings (SSSR count). The summed E-state index contributed by atoms with van der Waals surface area (Å²) < 4.78 is 18.8. The molecule has 0 heterocycles. The van der Waals surface area contributed by atoms with Gasteiger partial charge in [0.25, 0.3) is 0 Å². The lowest BCUT2D eigenvalue weighted by atomic mass is 9.98. The molecule has 0 saturated carbocycles. The van der Waals surface area contributed by atoms with Crippen molar-refractivity contribution in [2.24, 2.45) is 0 Å². The van der Waals surface area contributed by atoms with Crippen LogP contribution in [0.4, 0.5) is 15.8 Å². The highest BCUT2D eigenvalue weighted by Gasteiger charge is 2.24. The van der Waals surface area contributed by atoms with Gasteiger partial charge in [-0.05, 0) is 20.3 Å². The van der Waals surface area contributed by atoms with Crippen molar-refractivity contribution in [3.63, 3.8) is 0 Å². The van der Waals surface area contributed by atoms with Crippen molar-refractivity contribution in [1.29, 1.82) is 0 Å². The molecule has 0 bridgehead atoms. The number of aliphatic carboxylic acids is 1. The monoisotopic (exact) mass is 300 g/mol. The van der Waals surface area contributed by atoms with Crippen LogP contribution >= 0.6 is 0 Å². The fourth-order valence-electron chi connectivity index (χ4n) is 1.79. The molecule has 116 valence electrons. The van der Waals surface area contributed by atoms with Crippen LogP contribution in [0.5, 0.6) is 5.75 Å². The number of carbonyl (C=O) groups is 1. The van der Waals surface area contributed by atoms with E-state index in [1.54, 1.807) is 13.8 Å². The van der Waals surface area contributed by atoms with Crippen LogP contribution in [0.1, 0.15) is 26.7 Å². The number of nitro benzene ring substituents is 1. The van der Waals surface area contributed by atoms with E-state index in [1.165, 1.54) is 13.2 Å². The van der Waals surface area contributed by atoms with Crippen LogP contribution in [0.25, 0.3) is 0 Å². The number of carboxylic acids is 1. The SMILES string of the molecule is COc1cc(NC(C)(C)CCC(=O)O)c(F)cc1[N+](=O)[O-]. The van der Waals surface area contributed by atoms with E-state index in [-0.39, 0.29) is 24.3 Å². The van der Waals surface area contributed by atoms with Gasteiger partial charge in [-0.1, -0.05) is 0 Å². The number of anilines is 1.